The Morgan fingerprint density at radius 1 is 1.65 bits per heavy atom. The maximum Gasteiger partial charge on any atom is 0.269 e. The van der Waals surface area contributed by atoms with Crippen LogP contribution in [-0.2, 0) is 6.54 Å². The molecular formula is C12H20N4O. The highest BCUT2D eigenvalue weighted by molar-refractivity contribution is 5.92. The average molecular weight is 236 g/mol. The van der Waals surface area contributed by atoms with Gasteiger partial charge in [-0.2, -0.15) is 5.10 Å². The number of rotatable bonds is 3. The second-order valence-electron chi connectivity index (χ2n) is 4.85. The maximum atomic E-state index is 11.4. The fourth-order valence-electron chi connectivity index (χ4n) is 2.49. The van der Waals surface area contributed by atoms with Crippen LogP contribution in [0.4, 0.5) is 0 Å². The van der Waals surface area contributed by atoms with Gasteiger partial charge in [-0.25, -0.2) is 0 Å². The minimum absolute atomic E-state index is 0.254. The number of nitrogens with one attached hydrogen (secondary N) is 1. The van der Waals surface area contributed by atoms with Crippen LogP contribution in [0.2, 0.25) is 0 Å². The number of primary amides is 1. The van der Waals surface area contributed by atoms with Gasteiger partial charge in [-0.05, 0) is 20.3 Å². The molecule has 0 bridgehead atoms. The number of carbonyl (C=O) groups is 1. The zero-order chi connectivity index (χ0) is 12.6. The summed E-state index contributed by atoms with van der Waals surface area (Å²) in [5, 5.41) is 7.72. The van der Waals surface area contributed by atoms with Gasteiger partial charge in [0.2, 0.25) is 0 Å². The van der Waals surface area contributed by atoms with Crippen molar-refractivity contribution < 1.29 is 4.79 Å². The van der Waals surface area contributed by atoms with Crippen LogP contribution in [0.15, 0.2) is 0 Å². The zero-order valence-corrected chi connectivity index (χ0v) is 10.7. The van der Waals surface area contributed by atoms with Crippen LogP contribution in [0.1, 0.15) is 60.9 Å². The second kappa shape index (κ2) is 4.49. The van der Waals surface area contributed by atoms with Crippen LogP contribution in [0.5, 0.6) is 0 Å². The summed E-state index contributed by atoms with van der Waals surface area (Å²) < 4.78 is 1.96. The summed E-state index contributed by atoms with van der Waals surface area (Å²) in [7, 11) is 0. The maximum absolute atomic E-state index is 11.4. The van der Waals surface area contributed by atoms with Crippen molar-refractivity contribution in [1.82, 2.24) is 15.1 Å². The van der Waals surface area contributed by atoms with Gasteiger partial charge in [0.15, 0.2) is 5.69 Å². The normalized spacial score (nSPS) is 19.4. The summed E-state index contributed by atoms with van der Waals surface area (Å²) in [6.45, 7) is 7.94. The third-order valence-corrected chi connectivity index (χ3v) is 3.34. The first kappa shape index (κ1) is 12.1. The van der Waals surface area contributed by atoms with Gasteiger partial charge in [0.25, 0.3) is 5.91 Å². The molecule has 1 unspecified atom stereocenters. The van der Waals surface area contributed by atoms with Gasteiger partial charge in [-0.3, -0.25) is 9.48 Å². The standard InChI is InChI=1S/C12H20N4O/c1-4-8-5-14-6-9-10(12(13)17)15-16(7(2)3)11(8)9/h7-8,14H,4-6H2,1-3H3,(H2,13,17). The van der Waals surface area contributed by atoms with Gasteiger partial charge >= 0.3 is 0 Å². The van der Waals surface area contributed by atoms with E-state index < -0.39 is 5.91 Å². The number of amides is 1. The monoisotopic (exact) mass is 236 g/mol. The molecule has 2 rings (SSSR count). The van der Waals surface area contributed by atoms with E-state index in [1.165, 1.54) is 5.69 Å². The Balaban J connectivity index is 2.59. The van der Waals surface area contributed by atoms with Crippen LogP contribution < -0.4 is 11.1 Å². The molecule has 5 nitrogen and oxygen atoms in total. The fourth-order valence-corrected chi connectivity index (χ4v) is 2.49. The number of nitrogens with two attached hydrogens (primary N) is 1. The van der Waals surface area contributed by atoms with Crippen LogP contribution >= 0.6 is 0 Å². The molecule has 0 spiro atoms. The molecule has 0 saturated heterocycles. The molecule has 3 N–H and O–H groups in total. The Morgan fingerprint density at radius 3 is 2.88 bits per heavy atom. The first-order chi connectivity index (χ1) is 8.06. The summed E-state index contributed by atoms with van der Waals surface area (Å²) >= 11 is 0. The molecule has 1 aromatic heterocycles. The third-order valence-electron chi connectivity index (χ3n) is 3.34. The Hall–Kier alpha value is -1.36. The summed E-state index contributed by atoms with van der Waals surface area (Å²) in [4.78, 5) is 11.4. The summed E-state index contributed by atoms with van der Waals surface area (Å²) in [5.74, 6) is -0.0130. The van der Waals surface area contributed by atoms with Crippen molar-refractivity contribution in [3.63, 3.8) is 0 Å². The van der Waals surface area contributed by atoms with Crippen molar-refractivity contribution in [3.05, 3.63) is 17.0 Å². The number of hydrogen-bond donors (Lipinski definition) is 2. The lowest BCUT2D eigenvalue weighted by atomic mass is 9.93. The van der Waals surface area contributed by atoms with Crippen LogP contribution in [-0.4, -0.2) is 22.2 Å². The zero-order valence-electron chi connectivity index (χ0n) is 10.7. The molecule has 1 aromatic rings. The Kier molecular flexibility index (Phi) is 3.19. The smallest absolute Gasteiger partial charge is 0.269 e. The molecule has 1 aliphatic rings. The molecule has 0 radical (unpaired) electrons. The average Bonchev–Trinajstić information content (AvgIpc) is 2.68. The molecule has 94 valence electrons. The molecule has 0 saturated carbocycles. The summed E-state index contributed by atoms with van der Waals surface area (Å²) in [6, 6.07) is 0.254. The molecule has 1 amide bonds. The van der Waals surface area contributed by atoms with Gasteiger partial charge in [-0.15, -0.1) is 0 Å². The van der Waals surface area contributed by atoms with E-state index in [0.717, 1.165) is 18.5 Å². The van der Waals surface area contributed by atoms with Crippen molar-refractivity contribution in [2.24, 2.45) is 5.73 Å². The van der Waals surface area contributed by atoms with Crippen molar-refractivity contribution in [2.45, 2.75) is 45.7 Å². The van der Waals surface area contributed by atoms with Crippen molar-refractivity contribution in [2.75, 3.05) is 6.54 Å². The van der Waals surface area contributed by atoms with Gasteiger partial charge in [0.1, 0.15) is 0 Å². The fraction of sp³-hybridized carbons (Fsp3) is 0.667. The number of hydrogen-bond acceptors (Lipinski definition) is 3. The van der Waals surface area contributed by atoms with Crippen LogP contribution in [0.25, 0.3) is 0 Å². The number of fused-ring (bicyclic) bond motifs is 1. The van der Waals surface area contributed by atoms with Gasteiger partial charge in [0, 0.05) is 36.3 Å². The highest BCUT2D eigenvalue weighted by atomic mass is 16.1. The molecular weight excluding hydrogens is 216 g/mol. The minimum Gasteiger partial charge on any atom is -0.364 e. The van der Waals surface area contributed by atoms with E-state index in [4.69, 9.17) is 5.73 Å². The lowest BCUT2D eigenvalue weighted by Crippen LogP contribution is -2.30. The van der Waals surface area contributed by atoms with E-state index in [0.29, 0.717) is 18.2 Å². The van der Waals surface area contributed by atoms with Crippen LogP contribution in [0, 0.1) is 0 Å². The van der Waals surface area contributed by atoms with Crippen molar-refractivity contribution in [3.8, 4) is 0 Å². The summed E-state index contributed by atoms with van der Waals surface area (Å²) in [5.41, 5.74) is 8.01. The van der Waals surface area contributed by atoms with Crippen molar-refractivity contribution in [1.29, 1.82) is 0 Å². The molecule has 0 aliphatic carbocycles. The lowest BCUT2D eigenvalue weighted by Gasteiger charge is -2.25. The molecule has 2 heterocycles. The molecule has 1 atom stereocenters. The predicted octanol–water partition coefficient (Wildman–Crippen LogP) is 1.16. The minimum atomic E-state index is -0.431. The second-order valence-corrected chi connectivity index (χ2v) is 4.85. The van der Waals surface area contributed by atoms with Gasteiger partial charge in [0.05, 0.1) is 0 Å². The topological polar surface area (TPSA) is 72.9 Å². The first-order valence-electron chi connectivity index (χ1n) is 6.18. The quantitative estimate of drug-likeness (QED) is 0.827. The SMILES string of the molecule is CCC1CNCc2c(C(N)=O)nn(C(C)C)c21. The molecule has 0 aromatic carbocycles. The van der Waals surface area contributed by atoms with Crippen molar-refractivity contribution >= 4 is 5.91 Å². The Bertz CT molecular complexity index is 436. The number of aromatic nitrogens is 2. The third kappa shape index (κ3) is 1.95. The van der Waals surface area contributed by atoms with E-state index in [1.54, 1.807) is 0 Å². The predicted molar refractivity (Wildman–Crippen MR) is 65.9 cm³/mol. The number of carbonyl (C=O) groups excluding carboxylic acids is 1. The van der Waals surface area contributed by atoms with Gasteiger partial charge in [-0.1, -0.05) is 6.92 Å². The summed E-state index contributed by atoms with van der Waals surface area (Å²) in [6.07, 6.45) is 1.04. The highest BCUT2D eigenvalue weighted by Gasteiger charge is 2.29. The van der Waals surface area contributed by atoms with E-state index in [9.17, 15) is 4.79 Å². The lowest BCUT2D eigenvalue weighted by molar-refractivity contribution is 0.0993. The van der Waals surface area contributed by atoms with E-state index in [2.05, 4.69) is 31.2 Å². The largest absolute Gasteiger partial charge is 0.364 e. The Morgan fingerprint density at radius 2 is 2.35 bits per heavy atom. The van der Waals surface area contributed by atoms with E-state index >= 15 is 0 Å². The molecule has 5 heteroatoms. The Labute approximate surface area is 101 Å². The van der Waals surface area contributed by atoms with E-state index in [-0.39, 0.29) is 6.04 Å². The van der Waals surface area contributed by atoms with Crippen LogP contribution in [0.3, 0.4) is 0 Å². The van der Waals surface area contributed by atoms with Gasteiger partial charge < -0.3 is 11.1 Å². The molecule has 17 heavy (non-hydrogen) atoms. The van der Waals surface area contributed by atoms with E-state index in [1.807, 2.05) is 4.68 Å². The highest BCUT2D eigenvalue weighted by Crippen LogP contribution is 2.30. The molecule has 1 aliphatic heterocycles. The first-order valence-corrected chi connectivity index (χ1v) is 6.18. The molecule has 0 fully saturated rings. The number of nitrogens with zero attached hydrogens (tertiary/aromatic N) is 2.